The van der Waals surface area contributed by atoms with E-state index < -0.39 is 0 Å². The van der Waals surface area contributed by atoms with Crippen LogP contribution in [0.4, 0.5) is 11.6 Å². The zero-order valence-electron chi connectivity index (χ0n) is 13.1. The maximum Gasteiger partial charge on any atom is 0.133 e. The molecule has 1 aliphatic carbocycles. The second kappa shape index (κ2) is 7.46. The Bertz CT molecular complexity index is 419. The van der Waals surface area contributed by atoms with Gasteiger partial charge in [-0.05, 0) is 38.0 Å². The SMILES string of the molecule is CCCNc1cc(NC2CCC(C)C2)nc(CCC)n1. The summed E-state index contributed by atoms with van der Waals surface area (Å²) in [5.41, 5.74) is 0. The molecule has 4 nitrogen and oxygen atoms in total. The molecule has 0 saturated heterocycles. The molecular formula is C16H28N4. The first kappa shape index (κ1) is 15.1. The van der Waals surface area contributed by atoms with Crippen molar-refractivity contribution < 1.29 is 0 Å². The van der Waals surface area contributed by atoms with Gasteiger partial charge >= 0.3 is 0 Å². The number of anilines is 2. The Kier molecular flexibility index (Phi) is 5.62. The average Bonchev–Trinajstić information content (AvgIpc) is 2.82. The van der Waals surface area contributed by atoms with Gasteiger partial charge in [-0.25, -0.2) is 9.97 Å². The van der Waals surface area contributed by atoms with E-state index in [0.717, 1.165) is 49.2 Å². The van der Waals surface area contributed by atoms with Crippen LogP contribution in [0, 0.1) is 5.92 Å². The van der Waals surface area contributed by atoms with Crippen LogP contribution in [0.2, 0.25) is 0 Å². The highest BCUT2D eigenvalue weighted by molar-refractivity contribution is 5.48. The minimum atomic E-state index is 0.577. The highest BCUT2D eigenvalue weighted by Crippen LogP contribution is 2.27. The molecule has 2 atom stereocenters. The first-order valence-electron chi connectivity index (χ1n) is 8.09. The van der Waals surface area contributed by atoms with Gasteiger partial charge in [0.1, 0.15) is 17.5 Å². The van der Waals surface area contributed by atoms with Crippen LogP contribution in [-0.2, 0) is 6.42 Å². The number of nitrogens with zero attached hydrogens (tertiary/aromatic N) is 2. The Morgan fingerprint density at radius 1 is 1.15 bits per heavy atom. The summed E-state index contributed by atoms with van der Waals surface area (Å²) in [6, 6.07) is 2.63. The summed E-state index contributed by atoms with van der Waals surface area (Å²) in [5, 5.41) is 6.97. The molecule has 1 aromatic heterocycles. The molecule has 20 heavy (non-hydrogen) atoms. The maximum atomic E-state index is 4.66. The van der Waals surface area contributed by atoms with Crippen LogP contribution in [0.15, 0.2) is 6.07 Å². The first-order valence-corrected chi connectivity index (χ1v) is 8.09. The van der Waals surface area contributed by atoms with Crippen LogP contribution in [-0.4, -0.2) is 22.6 Å². The van der Waals surface area contributed by atoms with E-state index in [1.807, 2.05) is 0 Å². The zero-order chi connectivity index (χ0) is 14.4. The minimum absolute atomic E-state index is 0.577. The van der Waals surface area contributed by atoms with E-state index in [4.69, 9.17) is 0 Å². The Labute approximate surface area is 122 Å². The van der Waals surface area contributed by atoms with Crippen molar-refractivity contribution in [1.82, 2.24) is 9.97 Å². The zero-order valence-corrected chi connectivity index (χ0v) is 13.1. The van der Waals surface area contributed by atoms with E-state index in [9.17, 15) is 0 Å². The van der Waals surface area contributed by atoms with Gasteiger partial charge < -0.3 is 10.6 Å². The number of aryl methyl sites for hydroxylation is 1. The topological polar surface area (TPSA) is 49.8 Å². The van der Waals surface area contributed by atoms with Crippen molar-refractivity contribution in [1.29, 1.82) is 0 Å². The highest BCUT2D eigenvalue weighted by Gasteiger charge is 2.21. The molecule has 1 saturated carbocycles. The van der Waals surface area contributed by atoms with E-state index in [-0.39, 0.29) is 0 Å². The smallest absolute Gasteiger partial charge is 0.133 e. The molecule has 1 heterocycles. The normalized spacial score (nSPS) is 21.9. The summed E-state index contributed by atoms with van der Waals surface area (Å²) in [6.45, 7) is 7.63. The number of hydrogen-bond acceptors (Lipinski definition) is 4. The van der Waals surface area contributed by atoms with Crippen molar-refractivity contribution in [3.05, 3.63) is 11.9 Å². The van der Waals surface area contributed by atoms with Gasteiger partial charge in [0.25, 0.3) is 0 Å². The lowest BCUT2D eigenvalue weighted by Crippen LogP contribution is -2.17. The monoisotopic (exact) mass is 276 g/mol. The van der Waals surface area contributed by atoms with Gasteiger partial charge in [0.2, 0.25) is 0 Å². The van der Waals surface area contributed by atoms with Crippen LogP contribution < -0.4 is 10.6 Å². The summed E-state index contributed by atoms with van der Waals surface area (Å²) < 4.78 is 0. The molecule has 1 aliphatic rings. The van der Waals surface area contributed by atoms with Gasteiger partial charge in [-0.2, -0.15) is 0 Å². The standard InChI is InChI=1S/C16H28N4/c1-4-6-14-19-15(17-9-5-2)11-16(20-14)18-13-8-7-12(3)10-13/h11-13H,4-10H2,1-3H3,(H2,17,18,19,20). The van der Waals surface area contributed by atoms with Crippen LogP contribution in [0.5, 0.6) is 0 Å². The van der Waals surface area contributed by atoms with E-state index in [1.54, 1.807) is 0 Å². The van der Waals surface area contributed by atoms with Crippen LogP contribution >= 0.6 is 0 Å². The van der Waals surface area contributed by atoms with Gasteiger partial charge in [-0.1, -0.05) is 20.8 Å². The molecule has 112 valence electrons. The van der Waals surface area contributed by atoms with Crippen molar-refractivity contribution in [2.24, 2.45) is 5.92 Å². The van der Waals surface area contributed by atoms with Crippen LogP contribution in [0.1, 0.15) is 58.7 Å². The van der Waals surface area contributed by atoms with Crippen molar-refractivity contribution in [2.75, 3.05) is 17.2 Å². The van der Waals surface area contributed by atoms with Crippen molar-refractivity contribution >= 4 is 11.6 Å². The lowest BCUT2D eigenvalue weighted by molar-refractivity contribution is 0.602. The predicted octanol–water partition coefficient (Wildman–Crippen LogP) is 3.85. The quantitative estimate of drug-likeness (QED) is 0.794. The second-order valence-electron chi connectivity index (χ2n) is 5.99. The average molecular weight is 276 g/mol. The molecule has 2 rings (SSSR count). The number of hydrogen-bond donors (Lipinski definition) is 2. The summed E-state index contributed by atoms with van der Waals surface area (Å²) in [4.78, 5) is 9.25. The van der Waals surface area contributed by atoms with E-state index in [2.05, 4.69) is 47.4 Å². The van der Waals surface area contributed by atoms with E-state index >= 15 is 0 Å². The molecule has 4 heteroatoms. The van der Waals surface area contributed by atoms with Gasteiger partial charge in [0, 0.05) is 25.1 Å². The summed E-state index contributed by atoms with van der Waals surface area (Å²) in [7, 11) is 0. The van der Waals surface area contributed by atoms with Gasteiger partial charge in [-0.15, -0.1) is 0 Å². The molecule has 1 aromatic rings. The molecule has 0 bridgehead atoms. The fourth-order valence-electron chi connectivity index (χ4n) is 2.80. The van der Waals surface area contributed by atoms with E-state index in [1.165, 1.54) is 19.3 Å². The fraction of sp³-hybridized carbons (Fsp3) is 0.750. The first-order chi connectivity index (χ1) is 9.71. The van der Waals surface area contributed by atoms with Crippen molar-refractivity contribution in [3.8, 4) is 0 Å². The molecule has 1 fully saturated rings. The number of nitrogens with one attached hydrogen (secondary N) is 2. The third kappa shape index (κ3) is 4.36. The summed E-state index contributed by atoms with van der Waals surface area (Å²) >= 11 is 0. The maximum absolute atomic E-state index is 4.66. The van der Waals surface area contributed by atoms with Gasteiger partial charge in [0.15, 0.2) is 0 Å². The summed E-state index contributed by atoms with van der Waals surface area (Å²) in [6.07, 6.45) is 6.97. The Hall–Kier alpha value is -1.32. The largest absolute Gasteiger partial charge is 0.370 e. The predicted molar refractivity (Wildman–Crippen MR) is 85.2 cm³/mol. The lowest BCUT2D eigenvalue weighted by atomic mass is 10.1. The van der Waals surface area contributed by atoms with Gasteiger partial charge in [0.05, 0.1) is 0 Å². The Morgan fingerprint density at radius 2 is 1.95 bits per heavy atom. The number of aromatic nitrogens is 2. The molecular weight excluding hydrogens is 248 g/mol. The van der Waals surface area contributed by atoms with E-state index in [0.29, 0.717) is 6.04 Å². The third-order valence-electron chi connectivity index (χ3n) is 3.85. The molecule has 0 amide bonds. The summed E-state index contributed by atoms with van der Waals surface area (Å²) in [5.74, 6) is 3.73. The third-order valence-corrected chi connectivity index (χ3v) is 3.85. The fourth-order valence-corrected chi connectivity index (χ4v) is 2.80. The molecule has 2 unspecified atom stereocenters. The Morgan fingerprint density at radius 3 is 2.60 bits per heavy atom. The second-order valence-corrected chi connectivity index (χ2v) is 5.99. The van der Waals surface area contributed by atoms with Crippen LogP contribution in [0.3, 0.4) is 0 Å². The lowest BCUT2D eigenvalue weighted by Gasteiger charge is -2.15. The molecule has 0 radical (unpaired) electrons. The highest BCUT2D eigenvalue weighted by atomic mass is 15.1. The minimum Gasteiger partial charge on any atom is -0.370 e. The van der Waals surface area contributed by atoms with Crippen molar-refractivity contribution in [3.63, 3.8) is 0 Å². The molecule has 0 aromatic carbocycles. The number of rotatable bonds is 7. The molecule has 0 spiro atoms. The molecule has 0 aliphatic heterocycles. The Balaban J connectivity index is 2.07. The van der Waals surface area contributed by atoms with Crippen molar-refractivity contribution in [2.45, 2.75) is 65.3 Å². The van der Waals surface area contributed by atoms with Gasteiger partial charge in [-0.3, -0.25) is 0 Å². The molecule has 2 N–H and O–H groups in total. The van der Waals surface area contributed by atoms with Crippen LogP contribution in [0.25, 0.3) is 0 Å².